The predicted molar refractivity (Wildman–Crippen MR) is 114 cm³/mol. The Balaban J connectivity index is 1.79. The number of nitrogens with one attached hydrogen (secondary N) is 1. The number of carbonyl (C=O) groups is 2. The number of oxime groups is 1. The molecule has 0 aliphatic carbocycles. The molecule has 0 spiro atoms. The van der Waals surface area contributed by atoms with Crippen molar-refractivity contribution in [3.8, 4) is 11.5 Å². The van der Waals surface area contributed by atoms with E-state index >= 15 is 0 Å². The fraction of sp³-hybridized carbons (Fsp3) is 0.300. The van der Waals surface area contributed by atoms with Crippen molar-refractivity contribution < 1.29 is 28.6 Å². The summed E-state index contributed by atoms with van der Waals surface area (Å²) in [5.74, 6) is -0.879. The highest BCUT2D eigenvalue weighted by Crippen LogP contribution is 2.33. The molecule has 3 rings (SSSR count). The Morgan fingerprint density at radius 3 is 2.55 bits per heavy atom. The number of benzene rings is 1. The second-order valence-corrected chi connectivity index (χ2v) is 7.47. The van der Waals surface area contributed by atoms with Gasteiger partial charge in [0.25, 0.3) is 5.91 Å². The third-order valence-electron chi connectivity index (χ3n) is 4.72. The SMILES string of the molecule is COC(=O)C1(C)ON=CC1COc1cc(C(=O)Nc2c(Cl)cncc2Cl)ccc1OC. The number of methoxy groups -OCH3 is 2. The summed E-state index contributed by atoms with van der Waals surface area (Å²) in [6.45, 7) is 1.59. The number of hydrogen-bond acceptors (Lipinski definition) is 8. The molecule has 1 aliphatic heterocycles. The van der Waals surface area contributed by atoms with Crippen LogP contribution in [0.15, 0.2) is 35.7 Å². The Kier molecular flexibility index (Phi) is 6.87. The molecule has 2 heterocycles. The van der Waals surface area contributed by atoms with Crippen LogP contribution in [0.3, 0.4) is 0 Å². The van der Waals surface area contributed by atoms with Crippen LogP contribution < -0.4 is 14.8 Å². The third-order valence-corrected chi connectivity index (χ3v) is 5.29. The summed E-state index contributed by atoms with van der Waals surface area (Å²) in [4.78, 5) is 33.8. The van der Waals surface area contributed by atoms with Gasteiger partial charge in [-0.25, -0.2) is 4.79 Å². The van der Waals surface area contributed by atoms with E-state index in [1.165, 1.54) is 38.9 Å². The number of esters is 1. The van der Waals surface area contributed by atoms with Gasteiger partial charge in [-0.1, -0.05) is 28.4 Å². The van der Waals surface area contributed by atoms with Gasteiger partial charge in [0.1, 0.15) is 6.61 Å². The Bertz CT molecular complexity index is 1010. The van der Waals surface area contributed by atoms with E-state index in [4.69, 9.17) is 42.3 Å². The number of amides is 1. The summed E-state index contributed by atoms with van der Waals surface area (Å²) in [6.07, 6.45) is 4.21. The van der Waals surface area contributed by atoms with Gasteiger partial charge in [-0.3, -0.25) is 9.78 Å². The second kappa shape index (κ2) is 9.40. The zero-order chi connectivity index (χ0) is 22.6. The first-order valence-electron chi connectivity index (χ1n) is 9.01. The fourth-order valence-electron chi connectivity index (χ4n) is 2.84. The molecule has 1 aliphatic rings. The van der Waals surface area contributed by atoms with Crippen LogP contribution in [-0.2, 0) is 14.4 Å². The minimum absolute atomic E-state index is 0.0263. The third kappa shape index (κ3) is 4.67. The maximum absolute atomic E-state index is 12.7. The Morgan fingerprint density at radius 1 is 1.19 bits per heavy atom. The molecule has 1 amide bonds. The molecule has 1 N–H and O–H groups in total. The van der Waals surface area contributed by atoms with E-state index in [-0.39, 0.29) is 33.7 Å². The normalized spacial score (nSPS) is 19.5. The van der Waals surface area contributed by atoms with E-state index in [1.54, 1.807) is 19.1 Å². The molecule has 0 fully saturated rings. The lowest BCUT2D eigenvalue weighted by Crippen LogP contribution is -2.45. The first kappa shape index (κ1) is 22.6. The summed E-state index contributed by atoms with van der Waals surface area (Å²) >= 11 is 12.1. The van der Waals surface area contributed by atoms with Gasteiger partial charge in [0, 0.05) is 18.0 Å². The van der Waals surface area contributed by atoms with Crippen molar-refractivity contribution in [3.05, 3.63) is 46.2 Å². The zero-order valence-corrected chi connectivity index (χ0v) is 18.4. The van der Waals surface area contributed by atoms with E-state index in [2.05, 4.69) is 15.5 Å². The van der Waals surface area contributed by atoms with Gasteiger partial charge in [0.05, 0.1) is 42.1 Å². The van der Waals surface area contributed by atoms with Crippen molar-refractivity contribution in [2.75, 3.05) is 26.1 Å². The van der Waals surface area contributed by atoms with E-state index in [0.717, 1.165) is 0 Å². The highest BCUT2D eigenvalue weighted by atomic mass is 35.5. The van der Waals surface area contributed by atoms with Crippen molar-refractivity contribution in [2.24, 2.45) is 11.1 Å². The predicted octanol–water partition coefficient (Wildman–Crippen LogP) is 3.59. The molecular weight excluding hydrogens is 449 g/mol. The molecule has 31 heavy (non-hydrogen) atoms. The van der Waals surface area contributed by atoms with Crippen molar-refractivity contribution in [1.29, 1.82) is 0 Å². The summed E-state index contributed by atoms with van der Waals surface area (Å²) < 4.78 is 15.9. The van der Waals surface area contributed by atoms with E-state index in [1.807, 2.05) is 0 Å². The van der Waals surface area contributed by atoms with Crippen LogP contribution in [-0.4, -0.2) is 49.5 Å². The van der Waals surface area contributed by atoms with Gasteiger partial charge in [-0.15, -0.1) is 0 Å². The molecule has 2 atom stereocenters. The molecule has 0 saturated heterocycles. The van der Waals surface area contributed by atoms with Crippen LogP contribution in [0.5, 0.6) is 11.5 Å². The standard InChI is InChI=1S/C20H19Cl2N3O6/c1-20(19(27)29-3)12(7-24-31-20)10-30-16-6-11(4-5-15(16)28-2)18(26)25-17-13(21)8-23-9-14(17)22/h4-9,12H,10H2,1-3H3,(H,23,25,26). The summed E-state index contributed by atoms with van der Waals surface area (Å²) in [7, 11) is 2.73. The van der Waals surface area contributed by atoms with Crippen molar-refractivity contribution in [2.45, 2.75) is 12.5 Å². The lowest BCUT2D eigenvalue weighted by atomic mass is 9.91. The van der Waals surface area contributed by atoms with Crippen LogP contribution >= 0.6 is 23.2 Å². The molecule has 2 aromatic rings. The number of aromatic nitrogens is 1. The van der Waals surface area contributed by atoms with Crippen molar-refractivity contribution >= 4 is 47.0 Å². The van der Waals surface area contributed by atoms with Gasteiger partial charge in [-0.2, -0.15) is 0 Å². The Hall–Kier alpha value is -3.04. The maximum Gasteiger partial charge on any atom is 0.353 e. The van der Waals surface area contributed by atoms with Crippen LogP contribution in [0.4, 0.5) is 5.69 Å². The van der Waals surface area contributed by atoms with Crippen molar-refractivity contribution in [3.63, 3.8) is 0 Å². The van der Waals surface area contributed by atoms with Gasteiger partial charge < -0.3 is 24.4 Å². The average molecular weight is 468 g/mol. The number of hydrogen-bond donors (Lipinski definition) is 1. The average Bonchev–Trinajstić information content (AvgIpc) is 3.15. The lowest BCUT2D eigenvalue weighted by molar-refractivity contribution is -0.169. The minimum atomic E-state index is -1.31. The molecule has 2 unspecified atom stereocenters. The van der Waals surface area contributed by atoms with Gasteiger partial charge in [-0.05, 0) is 25.1 Å². The smallest absolute Gasteiger partial charge is 0.353 e. The fourth-order valence-corrected chi connectivity index (χ4v) is 3.30. The largest absolute Gasteiger partial charge is 0.493 e. The number of carbonyl (C=O) groups excluding carboxylic acids is 2. The highest BCUT2D eigenvalue weighted by Gasteiger charge is 2.48. The van der Waals surface area contributed by atoms with Crippen molar-refractivity contribution in [1.82, 2.24) is 4.98 Å². The Labute approximate surface area is 188 Å². The first-order valence-corrected chi connectivity index (χ1v) is 9.77. The molecular formula is C20H19Cl2N3O6. The lowest BCUT2D eigenvalue weighted by Gasteiger charge is -2.25. The number of nitrogens with zero attached hydrogens (tertiary/aromatic N) is 2. The van der Waals surface area contributed by atoms with E-state index < -0.39 is 23.4 Å². The number of anilines is 1. The molecule has 1 aromatic heterocycles. The number of pyridine rings is 1. The zero-order valence-electron chi connectivity index (χ0n) is 16.8. The molecule has 0 saturated carbocycles. The second-order valence-electron chi connectivity index (χ2n) is 6.66. The minimum Gasteiger partial charge on any atom is -0.493 e. The Morgan fingerprint density at radius 2 is 1.90 bits per heavy atom. The highest BCUT2D eigenvalue weighted by molar-refractivity contribution is 6.39. The van der Waals surface area contributed by atoms with Crippen LogP contribution in [0.25, 0.3) is 0 Å². The summed E-state index contributed by atoms with van der Waals surface area (Å²) in [5, 5.41) is 6.77. The molecule has 9 nitrogen and oxygen atoms in total. The monoisotopic (exact) mass is 467 g/mol. The van der Waals surface area contributed by atoms with Crippen LogP contribution in [0, 0.1) is 5.92 Å². The maximum atomic E-state index is 12.7. The summed E-state index contributed by atoms with van der Waals surface area (Å²) in [6, 6.07) is 4.64. The molecule has 1 aromatic carbocycles. The molecule has 164 valence electrons. The van der Waals surface area contributed by atoms with E-state index in [9.17, 15) is 9.59 Å². The number of ether oxygens (including phenoxy) is 3. The summed E-state index contributed by atoms with van der Waals surface area (Å²) in [5.41, 5.74) is -0.798. The topological polar surface area (TPSA) is 108 Å². The number of rotatable bonds is 7. The van der Waals surface area contributed by atoms with Crippen LogP contribution in [0.1, 0.15) is 17.3 Å². The quantitative estimate of drug-likeness (QED) is 0.619. The van der Waals surface area contributed by atoms with Gasteiger partial charge in [0.2, 0.25) is 5.60 Å². The number of halogens is 2. The van der Waals surface area contributed by atoms with Gasteiger partial charge >= 0.3 is 5.97 Å². The molecule has 0 radical (unpaired) electrons. The van der Waals surface area contributed by atoms with Crippen LogP contribution in [0.2, 0.25) is 10.0 Å². The van der Waals surface area contributed by atoms with E-state index in [0.29, 0.717) is 5.75 Å². The van der Waals surface area contributed by atoms with Gasteiger partial charge in [0.15, 0.2) is 11.5 Å². The molecule has 11 heteroatoms. The molecule has 0 bridgehead atoms. The first-order chi connectivity index (χ1) is 14.8.